The lowest BCUT2D eigenvalue weighted by Gasteiger charge is -2.03. The van der Waals surface area contributed by atoms with Crippen molar-refractivity contribution in [3.8, 4) is 0 Å². The van der Waals surface area contributed by atoms with Gasteiger partial charge in [0.15, 0.2) is 0 Å². The zero-order chi connectivity index (χ0) is 12.9. The number of nitrogens with one attached hydrogen (secondary N) is 2. The first-order chi connectivity index (χ1) is 9.43. The van der Waals surface area contributed by atoms with Crippen molar-refractivity contribution in [2.45, 2.75) is 13.0 Å². The molecule has 19 heavy (non-hydrogen) atoms. The molecule has 0 saturated carbocycles. The summed E-state index contributed by atoms with van der Waals surface area (Å²) in [4.78, 5) is 11.6. The maximum atomic E-state index is 4.29. The Morgan fingerprint density at radius 3 is 3.00 bits per heavy atom. The Morgan fingerprint density at radius 1 is 1.16 bits per heavy atom. The van der Waals surface area contributed by atoms with Crippen LogP contribution in [0.5, 0.6) is 0 Å². The molecule has 3 aromatic heterocycles. The van der Waals surface area contributed by atoms with Gasteiger partial charge in [-0.2, -0.15) is 0 Å². The fourth-order valence-corrected chi connectivity index (χ4v) is 2.16. The maximum absolute atomic E-state index is 4.29. The normalized spacial score (nSPS) is 10.9. The lowest BCUT2D eigenvalue weighted by atomic mass is 10.2. The minimum atomic E-state index is 0.853. The molecular weight excluding hydrogens is 236 g/mol. The molecule has 0 fully saturated rings. The third-order valence-corrected chi connectivity index (χ3v) is 3.17. The van der Waals surface area contributed by atoms with Crippen LogP contribution in [0.2, 0.25) is 0 Å². The molecule has 3 rings (SSSR count). The van der Waals surface area contributed by atoms with Crippen LogP contribution in [-0.4, -0.2) is 21.5 Å². The van der Waals surface area contributed by atoms with Gasteiger partial charge in [-0.05, 0) is 42.3 Å². The second kappa shape index (κ2) is 5.63. The predicted molar refractivity (Wildman–Crippen MR) is 75.7 cm³/mol. The van der Waals surface area contributed by atoms with Crippen LogP contribution in [0.3, 0.4) is 0 Å². The molecule has 2 N–H and O–H groups in total. The molecule has 0 aliphatic rings. The van der Waals surface area contributed by atoms with Gasteiger partial charge in [-0.25, -0.2) is 4.98 Å². The molecule has 0 bridgehead atoms. The summed E-state index contributed by atoms with van der Waals surface area (Å²) in [6.07, 6.45) is 8.54. The summed E-state index contributed by atoms with van der Waals surface area (Å²) < 4.78 is 0. The Labute approximate surface area is 111 Å². The van der Waals surface area contributed by atoms with Gasteiger partial charge in [-0.1, -0.05) is 6.07 Å². The van der Waals surface area contributed by atoms with Gasteiger partial charge in [0.1, 0.15) is 5.65 Å². The largest absolute Gasteiger partial charge is 0.346 e. The van der Waals surface area contributed by atoms with E-state index in [0.717, 1.165) is 25.2 Å². The van der Waals surface area contributed by atoms with Crippen molar-refractivity contribution in [1.29, 1.82) is 0 Å². The number of hydrogen-bond acceptors (Lipinski definition) is 3. The summed E-state index contributed by atoms with van der Waals surface area (Å²) in [5, 5.41) is 4.64. The van der Waals surface area contributed by atoms with Crippen molar-refractivity contribution >= 4 is 11.0 Å². The van der Waals surface area contributed by atoms with Crippen LogP contribution in [0.1, 0.15) is 11.1 Å². The standard InChI is InChI=1S/C15H16N4/c1-3-12(9-16-6-1)5-8-17-10-13-11-19-15-14(13)4-2-7-18-15/h1-4,6-7,9,11,17H,5,8,10H2,(H,18,19). The molecule has 4 nitrogen and oxygen atoms in total. The lowest BCUT2D eigenvalue weighted by Crippen LogP contribution is -2.16. The van der Waals surface area contributed by atoms with E-state index in [9.17, 15) is 0 Å². The van der Waals surface area contributed by atoms with Crippen LogP contribution in [0, 0.1) is 0 Å². The van der Waals surface area contributed by atoms with Crippen molar-refractivity contribution in [1.82, 2.24) is 20.3 Å². The van der Waals surface area contributed by atoms with E-state index < -0.39 is 0 Å². The van der Waals surface area contributed by atoms with Gasteiger partial charge in [0.05, 0.1) is 0 Å². The third kappa shape index (κ3) is 2.80. The number of aromatic nitrogens is 3. The van der Waals surface area contributed by atoms with Crippen molar-refractivity contribution < 1.29 is 0 Å². The highest BCUT2D eigenvalue weighted by molar-refractivity contribution is 5.79. The molecule has 0 unspecified atom stereocenters. The third-order valence-electron chi connectivity index (χ3n) is 3.17. The Kier molecular flexibility index (Phi) is 3.51. The van der Waals surface area contributed by atoms with E-state index >= 15 is 0 Å². The molecule has 96 valence electrons. The highest BCUT2D eigenvalue weighted by Crippen LogP contribution is 2.14. The van der Waals surface area contributed by atoms with Crippen LogP contribution < -0.4 is 5.32 Å². The number of pyridine rings is 2. The quantitative estimate of drug-likeness (QED) is 0.685. The summed E-state index contributed by atoms with van der Waals surface area (Å²) in [5.74, 6) is 0. The van der Waals surface area contributed by atoms with E-state index in [1.165, 1.54) is 16.5 Å². The van der Waals surface area contributed by atoms with E-state index in [1.807, 2.05) is 24.5 Å². The van der Waals surface area contributed by atoms with Crippen LogP contribution in [-0.2, 0) is 13.0 Å². The molecule has 0 aliphatic carbocycles. The first-order valence-electron chi connectivity index (χ1n) is 6.44. The van der Waals surface area contributed by atoms with Crippen molar-refractivity contribution in [3.63, 3.8) is 0 Å². The summed E-state index contributed by atoms with van der Waals surface area (Å²) in [6, 6.07) is 8.14. The fourth-order valence-electron chi connectivity index (χ4n) is 2.16. The smallest absolute Gasteiger partial charge is 0.137 e. The van der Waals surface area contributed by atoms with Crippen LogP contribution in [0.4, 0.5) is 0 Å². The molecule has 0 atom stereocenters. The van der Waals surface area contributed by atoms with E-state index in [4.69, 9.17) is 0 Å². The van der Waals surface area contributed by atoms with Gasteiger partial charge in [0.2, 0.25) is 0 Å². The number of H-pyrrole nitrogens is 1. The highest BCUT2D eigenvalue weighted by atomic mass is 14.9. The van der Waals surface area contributed by atoms with E-state index in [2.05, 4.69) is 32.4 Å². The predicted octanol–water partition coefficient (Wildman–Crippen LogP) is 2.29. The maximum Gasteiger partial charge on any atom is 0.137 e. The topological polar surface area (TPSA) is 53.6 Å². The van der Waals surface area contributed by atoms with Gasteiger partial charge in [-0.3, -0.25) is 4.98 Å². The molecule has 0 aromatic carbocycles. The summed E-state index contributed by atoms with van der Waals surface area (Å²) in [5.41, 5.74) is 3.47. The first kappa shape index (κ1) is 11.9. The molecule has 3 heterocycles. The molecule has 0 saturated heterocycles. The van der Waals surface area contributed by atoms with Crippen molar-refractivity contribution in [2.75, 3.05) is 6.54 Å². The number of aromatic amines is 1. The van der Waals surface area contributed by atoms with Gasteiger partial charge < -0.3 is 10.3 Å². The van der Waals surface area contributed by atoms with Crippen LogP contribution in [0.15, 0.2) is 49.1 Å². The zero-order valence-electron chi connectivity index (χ0n) is 10.6. The molecular formula is C15H16N4. The minimum absolute atomic E-state index is 0.853. The number of nitrogens with zero attached hydrogens (tertiary/aromatic N) is 2. The number of rotatable bonds is 5. The van der Waals surface area contributed by atoms with Gasteiger partial charge in [0, 0.05) is 36.7 Å². The van der Waals surface area contributed by atoms with Crippen LogP contribution in [0.25, 0.3) is 11.0 Å². The van der Waals surface area contributed by atoms with Crippen molar-refractivity contribution in [2.24, 2.45) is 0 Å². The Bertz CT molecular complexity index is 645. The fraction of sp³-hybridized carbons (Fsp3) is 0.200. The summed E-state index contributed by atoms with van der Waals surface area (Å²) in [7, 11) is 0. The SMILES string of the molecule is c1cncc(CCNCc2c[nH]c3ncccc23)c1. The molecule has 0 spiro atoms. The zero-order valence-corrected chi connectivity index (χ0v) is 10.6. The second-order valence-electron chi connectivity index (χ2n) is 4.50. The highest BCUT2D eigenvalue weighted by Gasteiger charge is 2.02. The molecule has 0 amide bonds. The van der Waals surface area contributed by atoms with Gasteiger partial charge in [-0.15, -0.1) is 0 Å². The molecule has 4 heteroatoms. The Balaban J connectivity index is 1.55. The van der Waals surface area contributed by atoms with Gasteiger partial charge >= 0.3 is 0 Å². The Morgan fingerprint density at radius 2 is 2.11 bits per heavy atom. The summed E-state index contributed by atoms with van der Waals surface area (Å²) in [6.45, 7) is 1.80. The number of fused-ring (bicyclic) bond motifs is 1. The van der Waals surface area contributed by atoms with E-state index in [0.29, 0.717) is 0 Å². The molecule has 0 aliphatic heterocycles. The van der Waals surface area contributed by atoms with E-state index in [-0.39, 0.29) is 0 Å². The second-order valence-corrected chi connectivity index (χ2v) is 4.50. The summed E-state index contributed by atoms with van der Waals surface area (Å²) >= 11 is 0. The Hall–Kier alpha value is -2.20. The van der Waals surface area contributed by atoms with Crippen molar-refractivity contribution in [3.05, 3.63) is 60.2 Å². The van der Waals surface area contributed by atoms with Gasteiger partial charge in [0.25, 0.3) is 0 Å². The van der Waals surface area contributed by atoms with E-state index in [1.54, 1.807) is 12.4 Å². The average molecular weight is 252 g/mol. The molecule has 0 radical (unpaired) electrons. The minimum Gasteiger partial charge on any atom is -0.346 e. The lowest BCUT2D eigenvalue weighted by molar-refractivity contribution is 0.688. The molecule has 3 aromatic rings. The first-order valence-corrected chi connectivity index (χ1v) is 6.44. The van der Waals surface area contributed by atoms with Crippen LogP contribution >= 0.6 is 0 Å². The monoisotopic (exact) mass is 252 g/mol. The number of hydrogen-bond donors (Lipinski definition) is 2. The average Bonchev–Trinajstić information content (AvgIpc) is 2.88.